The van der Waals surface area contributed by atoms with E-state index in [0.29, 0.717) is 6.42 Å². The number of likely N-dealkylation sites (N-methyl/N-ethyl adjacent to an activating group) is 1. The summed E-state index contributed by atoms with van der Waals surface area (Å²) in [6.45, 7) is 4.10. The van der Waals surface area contributed by atoms with E-state index in [0.717, 1.165) is 22.3 Å². The van der Waals surface area contributed by atoms with Gasteiger partial charge in [-0.05, 0) is 37.5 Å². The first-order valence-electron chi connectivity index (χ1n) is 12.5. The van der Waals surface area contributed by atoms with Gasteiger partial charge < -0.3 is 19.5 Å². The number of rotatable bonds is 10. The van der Waals surface area contributed by atoms with Gasteiger partial charge in [0.2, 0.25) is 0 Å². The van der Waals surface area contributed by atoms with E-state index in [4.69, 9.17) is 4.74 Å². The Morgan fingerprint density at radius 1 is 1.10 bits per heavy atom. The molecule has 0 saturated heterocycles. The van der Waals surface area contributed by atoms with Crippen LogP contribution in [-0.4, -0.2) is 54.8 Å². The molecule has 0 radical (unpaired) electrons. The van der Waals surface area contributed by atoms with E-state index in [1.54, 1.807) is 0 Å². The van der Waals surface area contributed by atoms with Crippen LogP contribution in [0, 0.1) is 0 Å². The molecule has 1 N–H and O–H groups in total. The molecule has 0 fully saturated rings. The Bertz CT molecular complexity index is 1520. The number of aliphatic hydroxyl groups is 1. The normalized spacial score (nSPS) is 15.6. The highest BCUT2D eigenvalue weighted by molar-refractivity contribution is 5.72. The number of benzene rings is 1. The monoisotopic (exact) mass is 549 g/mol. The van der Waals surface area contributed by atoms with Crippen LogP contribution in [-0.2, 0) is 19.6 Å². The van der Waals surface area contributed by atoms with Crippen LogP contribution in [0.3, 0.4) is 0 Å². The number of halogens is 3. The molecule has 10 nitrogen and oxygen atoms in total. The third kappa shape index (κ3) is 6.19. The van der Waals surface area contributed by atoms with Crippen molar-refractivity contribution < 1.29 is 27.8 Å². The number of ether oxygens (including phenoxy) is 2. The van der Waals surface area contributed by atoms with Gasteiger partial charge in [-0.1, -0.05) is 25.1 Å². The third-order valence-corrected chi connectivity index (χ3v) is 6.26. The molecule has 3 heterocycles. The first-order valence-corrected chi connectivity index (χ1v) is 12.5. The highest BCUT2D eigenvalue weighted by Gasteiger charge is 2.31. The summed E-state index contributed by atoms with van der Waals surface area (Å²) in [7, 11) is 1.91. The number of hydrogen-bond acceptors (Lipinski definition) is 7. The average Bonchev–Trinajstić information content (AvgIpc) is 3.20. The number of nitrogens with zero attached hydrogens (tertiary/aromatic N) is 5. The fraction of sp³-hybridized carbons (Fsp3) is 0.423. The number of imidazole rings is 1. The molecule has 0 spiro atoms. The second-order valence-electron chi connectivity index (χ2n) is 9.21. The number of alkyl halides is 3. The Kier molecular flexibility index (Phi) is 8.19. The van der Waals surface area contributed by atoms with Crippen molar-refractivity contribution in [3.05, 3.63) is 69.0 Å². The second kappa shape index (κ2) is 11.4. The molecule has 210 valence electrons. The highest BCUT2D eigenvalue weighted by atomic mass is 19.4. The minimum absolute atomic E-state index is 0.00259. The molecule has 1 aliphatic rings. The topological polar surface area (TPSA) is 104 Å². The van der Waals surface area contributed by atoms with Crippen LogP contribution in [0.25, 0.3) is 11.2 Å². The minimum atomic E-state index is -4.88. The Morgan fingerprint density at radius 3 is 2.51 bits per heavy atom. The zero-order valence-corrected chi connectivity index (χ0v) is 21.8. The number of fused-ring (bicyclic) bond motifs is 1. The van der Waals surface area contributed by atoms with Gasteiger partial charge in [0.25, 0.3) is 5.56 Å². The van der Waals surface area contributed by atoms with Crippen LogP contribution >= 0.6 is 0 Å². The Hall–Kier alpha value is -4.00. The third-order valence-electron chi connectivity index (χ3n) is 6.26. The summed E-state index contributed by atoms with van der Waals surface area (Å²) in [4.78, 5) is 33.3. The lowest BCUT2D eigenvalue weighted by atomic mass is 10.1. The quantitative estimate of drug-likeness (QED) is 0.412. The summed E-state index contributed by atoms with van der Waals surface area (Å²) in [5.74, 6) is -0.484. The summed E-state index contributed by atoms with van der Waals surface area (Å²) in [5.41, 5.74) is -0.149. The average molecular weight is 550 g/mol. The van der Waals surface area contributed by atoms with Crippen LogP contribution in [0.1, 0.15) is 26.7 Å². The zero-order valence-electron chi connectivity index (χ0n) is 21.8. The van der Waals surface area contributed by atoms with Gasteiger partial charge in [-0.2, -0.15) is 4.98 Å². The molecular weight excluding hydrogens is 519 g/mol. The smallest absolute Gasteiger partial charge is 0.425 e. The summed E-state index contributed by atoms with van der Waals surface area (Å²) in [6, 6.07) is 5.04. The van der Waals surface area contributed by atoms with Crippen molar-refractivity contribution in [2.45, 2.75) is 58.7 Å². The van der Waals surface area contributed by atoms with Crippen LogP contribution in [0.2, 0.25) is 0 Å². The summed E-state index contributed by atoms with van der Waals surface area (Å²) in [6.07, 6.45) is 1.69. The fourth-order valence-electron chi connectivity index (χ4n) is 4.28. The van der Waals surface area contributed by atoms with Gasteiger partial charge >= 0.3 is 18.1 Å². The maximum atomic E-state index is 13.6. The molecule has 1 unspecified atom stereocenters. The van der Waals surface area contributed by atoms with E-state index in [-0.39, 0.29) is 61.6 Å². The lowest BCUT2D eigenvalue weighted by molar-refractivity contribution is -0.274. The molecule has 1 aliphatic heterocycles. The summed E-state index contributed by atoms with van der Waals surface area (Å²) in [5, 5.41) is 9.31. The molecule has 1 atom stereocenters. The Morgan fingerprint density at radius 2 is 1.85 bits per heavy atom. The van der Waals surface area contributed by atoms with E-state index in [1.807, 2.05) is 44.1 Å². The predicted molar refractivity (Wildman–Crippen MR) is 138 cm³/mol. The molecular formula is C26H30F3N5O5. The molecule has 0 aliphatic carbocycles. The lowest BCUT2D eigenvalue weighted by Crippen LogP contribution is -2.41. The summed E-state index contributed by atoms with van der Waals surface area (Å²) >= 11 is 0. The first-order chi connectivity index (χ1) is 18.5. The van der Waals surface area contributed by atoms with E-state index < -0.39 is 23.4 Å². The molecule has 0 bridgehead atoms. The van der Waals surface area contributed by atoms with Gasteiger partial charge in [0.15, 0.2) is 11.2 Å². The van der Waals surface area contributed by atoms with Crippen molar-refractivity contribution >= 4 is 11.2 Å². The molecule has 1 aromatic carbocycles. The van der Waals surface area contributed by atoms with Crippen molar-refractivity contribution in [2.75, 3.05) is 13.7 Å². The zero-order chi connectivity index (χ0) is 28.3. The maximum Gasteiger partial charge on any atom is 0.573 e. The number of aromatic nitrogens is 4. The van der Waals surface area contributed by atoms with Gasteiger partial charge in [-0.3, -0.25) is 18.5 Å². The minimum Gasteiger partial charge on any atom is -0.425 e. The van der Waals surface area contributed by atoms with Gasteiger partial charge in [0, 0.05) is 45.1 Å². The van der Waals surface area contributed by atoms with Crippen molar-refractivity contribution in [1.82, 2.24) is 23.6 Å². The van der Waals surface area contributed by atoms with E-state index >= 15 is 0 Å². The van der Waals surface area contributed by atoms with Crippen molar-refractivity contribution in [3.8, 4) is 17.5 Å². The van der Waals surface area contributed by atoms with Crippen molar-refractivity contribution in [2.24, 2.45) is 0 Å². The Balaban J connectivity index is 1.90. The van der Waals surface area contributed by atoms with Crippen LogP contribution in [0.15, 0.2) is 57.8 Å². The molecule has 13 heteroatoms. The predicted octanol–water partition coefficient (Wildman–Crippen LogP) is 3.62. The molecule has 4 rings (SSSR count). The summed E-state index contributed by atoms with van der Waals surface area (Å²) < 4.78 is 52.2. The van der Waals surface area contributed by atoms with E-state index in [2.05, 4.69) is 9.72 Å². The molecule has 39 heavy (non-hydrogen) atoms. The maximum absolute atomic E-state index is 13.6. The number of aliphatic hydroxyl groups excluding tert-OH is 1. The fourth-order valence-corrected chi connectivity index (χ4v) is 4.28. The number of aryl methyl sites for hydroxylation is 1. The van der Waals surface area contributed by atoms with Crippen LogP contribution in [0.5, 0.6) is 17.5 Å². The van der Waals surface area contributed by atoms with Crippen LogP contribution in [0.4, 0.5) is 13.2 Å². The lowest BCUT2D eigenvalue weighted by Gasteiger charge is -2.25. The largest absolute Gasteiger partial charge is 0.573 e. The highest BCUT2D eigenvalue weighted by Crippen LogP contribution is 2.30. The van der Waals surface area contributed by atoms with Crippen molar-refractivity contribution in [3.63, 3.8) is 0 Å². The van der Waals surface area contributed by atoms with Crippen LogP contribution < -0.4 is 20.7 Å². The van der Waals surface area contributed by atoms with Gasteiger partial charge in [0.05, 0.1) is 6.54 Å². The SMILES string of the molecule is CCCn1c(=O)n(CCCO)c(=O)c2c1nc(Oc1cccc(OC(F)(F)F)c1)n2CC1=CN(C)C(C)C=C1. The van der Waals surface area contributed by atoms with Crippen molar-refractivity contribution in [1.29, 1.82) is 0 Å². The standard InChI is InChI=1S/C26H30F3N5O5/c1-4-11-32-22-21(23(36)33(25(32)37)12-6-13-35)34(16-18-10-9-17(2)31(3)15-18)24(30-22)38-19-7-5-8-20(14-19)39-26(27,28)29/h5,7-10,14-15,17,35H,4,6,11-13,16H2,1-3H3. The molecule has 2 aromatic heterocycles. The molecule has 0 amide bonds. The Labute approximate surface area is 221 Å². The number of hydrogen-bond donors (Lipinski definition) is 1. The van der Waals surface area contributed by atoms with E-state index in [1.165, 1.54) is 21.3 Å². The molecule has 3 aromatic rings. The molecule has 0 saturated carbocycles. The van der Waals surface area contributed by atoms with Gasteiger partial charge in [-0.25, -0.2) is 4.79 Å². The van der Waals surface area contributed by atoms with Gasteiger partial charge in [-0.15, -0.1) is 13.2 Å². The first kappa shape index (κ1) is 28.0. The van der Waals surface area contributed by atoms with Gasteiger partial charge in [0.1, 0.15) is 11.5 Å². The number of allylic oxidation sites excluding steroid dienone is 2. The second-order valence-corrected chi connectivity index (χ2v) is 9.21. The van der Waals surface area contributed by atoms with E-state index in [9.17, 15) is 27.9 Å².